The summed E-state index contributed by atoms with van der Waals surface area (Å²) in [5.74, 6) is -0.159. The number of rotatable bonds is 2. The Labute approximate surface area is 125 Å². The van der Waals surface area contributed by atoms with Crippen molar-refractivity contribution in [3.8, 4) is 0 Å². The van der Waals surface area contributed by atoms with Gasteiger partial charge in [-0.05, 0) is 53.4 Å². The largest absolute Gasteiger partial charge is 0.339 e. The molecule has 0 atom stereocenters. The summed E-state index contributed by atoms with van der Waals surface area (Å²) in [5, 5.41) is 0. The van der Waals surface area contributed by atoms with Crippen LogP contribution in [0.25, 0.3) is 0 Å². The maximum Gasteiger partial charge on any atom is 0.261 e. The zero-order chi connectivity index (χ0) is 14.0. The Morgan fingerprint density at radius 1 is 1.21 bits per heavy atom. The van der Waals surface area contributed by atoms with Gasteiger partial charge in [0.05, 0.1) is 10.5 Å². The van der Waals surface area contributed by atoms with Crippen molar-refractivity contribution in [2.75, 3.05) is 13.1 Å². The fourth-order valence-corrected chi connectivity index (χ4v) is 3.28. The molecule has 2 rings (SSSR count). The number of amides is 1. The molecule has 1 aliphatic heterocycles. The van der Waals surface area contributed by atoms with Crippen molar-refractivity contribution >= 4 is 41.6 Å². The zero-order valence-electron chi connectivity index (χ0n) is 10.1. The Morgan fingerprint density at radius 2 is 1.84 bits per heavy atom. The van der Waals surface area contributed by atoms with E-state index in [0.717, 1.165) is 19.3 Å². The summed E-state index contributed by atoms with van der Waals surface area (Å²) in [6.45, 7) is 1.42. The Hall–Kier alpha value is -0.590. The average molecular weight is 367 g/mol. The highest BCUT2D eigenvalue weighted by Gasteiger charge is 2.22. The second kappa shape index (κ2) is 5.81. The Kier molecular flexibility index (Phi) is 4.53. The highest BCUT2D eigenvalue weighted by Crippen LogP contribution is 2.25. The van der Waals surface area contributed by atoms with E-state index in [-0.39, 0.29) is 10.8 Å². The van der Waals surface area contributed by atoms with Crippen LogP contribution in [0.3, 0.4) is 0 Å². The van der Waals surface area contributed by atoms with Gasteiger partial charge in [0.25, 0.3) is 15.0 Å². The molecule has 1 fully saturated rings. The van der Waals surface area contributed by atoms with Gasteiger partial charge in [0.15, 0.2) is 0 Å². The van der Waals surface area contributed by atoms with E-state index in [0.29, 0.717) is 23.1 Å². The number of benzene rings is 1. The molecule has 1 aromatic rings. The van der Waals surface area contributed by atoms with Gasteiger partial charge in [0.1, 0.15) is 0 Å². The lowest BCUT2D eigenvalue weighted by atomic mass is 10.1. The topological polar surface area (TPSA) is 54.5 Å². The summed E-state index contributed by atoms with van der Waals surface area (Å²) < 4.78 is 23.2. The molecule has 0 saturated carbocycles. The first kappa shape index (κ1) is 14.8. The van der Waals surface area contributed by atoms with E-state index in [4.69, 9.17) is 10.7 Å². The minimum Gasteiger partial charge on any atom is -0.339 e. The first-order valence-electron chi connectivity index (χ1n) is 5.93. The molecule has 19 heavy (non-hydrogen) atoms. The van der Waals surface area contributed by atoms with Crippen molar-refractivity contribution < 1.29 is 13.2 Å². The van der Waals surface area contributed by atoms with Crippen LogP contribution in [0.15, 0.2) is 27.6 Å². The molecular formula is C12H13BrClNO3S. The molecule has 0 N–H and O–H groups in total. The Morgan fingerprint density at radius 3 is 2.42 bits per heavy atom. The zero-order valence-corrected chi connectivity index (χ0v) is 13.3. The fraction of sp³-hybridized carbons (Fsp3) is 0.417. The van der Waals surface area contributed by atoms with Gasteiger partial charge in [-0.3, -0.25) is 4.79 Å². The first-order chi connectivity index (χ1) is 8.89. The molecular weight excluding hydrogens is 354 g/mol. The summed E-state index contributed by atoms with van der Waals surface area (Å²) in [7, 11) is 1.48. The van der Waals surface area contributed by atoms with E-state index in [1.165, 1.54) is 18.2 Å². The van der Waals surface area contributed by atoms with Crippen LogP contribution in [0.4, 0.5) is 0 Å². The van der Waals surface area contributed by atoms with Crippen LogP contribution in [-0.4, -0.2) is 32.3 Å². The van der Waals surface area contributed by atoms with Crippen molar-refractivity contribution in [2.45, 2.75) is 24.2 Å². The van der Waals surface area contributed by atoms with Crippen LogP contribution in [-0.2, 0) is 9.05 Å². The van der Waals surface area contributed by atoms with Crippen molar-refractivity contribution in [1.82, 2.24) is 4.90 Å². The van der Waals surface area contributed by atoms with E-state index in [1.807, 2.05) is 0 Å². The number of carbonyl (C=O) groups excluding carboxylic acids is 1. The molecule has 1 aliphatic rings. The predicted molar refractivity (Wildman–Crippen MR) is 76.9 cm³/mol. The van der Waals surface area contributed by atoms with Crippen LogP contribution >= 0.6 is 26.6 Å². The molecule has 1 saturated heterocycles. The van der Waals surface area contributed by atoms with Gasteiger partial charge in [-0.1, -0.05) is 0 Å². The summed E-state index contributed by atoms with van der Waals surface area (Å²) in [6, 6.07) is 4.23. The van der Waals surface area contributed by atoms with Crippen LogP contribution in [0.2, 0.25) is 0 Å². The lowest BCUT2D eigenvalue weighted by Gasteiger charge is -2.27. The number of hydrogen-bond donors (Lipinski definition) is 0. The number of hydrogen-bond acceptors (Lipinski definition) is 3. The third kappa shape index (κ3) is 3.49. The average Bonchev–Trinajstić information content (AvgIpc) is 2.38. The summed E-state index contributed by atoms with van der Waals surface area (Å²) in [6.07, 6.45) is 3.09. The molecule has 0 unspecified atom stereocenters. The number of nitrogens with zero attached hydrogens (tertiary/aromatic N) is 1. The van der Waals surface area contributed by atoms with Crippen molar-refractivity contribution in [1.29, 1.82) is 0 Å². The third-order valence-electron chi connectivity index (χ3n) is 3.09. The van der Waals surface area contributed by atoms with Gasteiger partial charge in [0, 0.05) is 28.2 Å². The van der Waals surface area contributed by atoms with Gasteiger partial charge in [-0.15, -0.1) is 0 Å². The van der Waals surface area contributed by atoms with E-state index in [2.05, 4.69) is 15.9 Å². The minimum atomic E-state index is -3.83. The monoisotopic (exact) mass is 365 g/mol. The summed E-state index contributed by atoms with van der Waals surface area (Å²) in [5.41, 5.74) is 0.337. The number of likely N-dealkylation sites (tertiary alicyclic amines) is 1. The molecule has 0 aromatic heterocycles. The highest BCUT2D eigenvalue weighted by atomic mass is 79.9. The van der Waals surface area contributed by atoms with Crippen molar-refractivity contribution in [2.24, 2.45) is 0 Å². The normalized spacial score (nSPS) is 16.4. The smallest absolute Gasteiger partial charge is 0.261 e. The molecule has 4 nitrogen and oxygen atoms in total. The second-order valence-corrected chi connectivity index (χ2v) is 7.85. The predicted octanol–water partition coefficient (Wildman–Crippen LogP) is 3.00. The van der Waals surface area contributed by atoms with Gasteiger partial charge >= 0.3 is 0 Å². The van der Waals surface area contributed by atoms with Crippen LogP contribution in [0, 0.1) is 0 Å². The van der Waals surface area contributed by atoms with E-state index >= 15 is 0 Å². The number of piperidine rings is 1. The summed E-state index contributed by atoms with van der Waals surface area (Å²) in [4.78, 5) is 14.0. The minimum absolute atomic E-state index is 0.0577. The molecule has 0 spiro atoms. The highest BCUT2D eigenvalue weighted by molar-refractivity contribution is 9.10. The lowest BCUT2D eigenvalue weighted by molar-refractivity contribution is 0.0723. The van der Waals surface area contributed by atoms with E-state index in [1.54, 1.807) is 4.90 Å². The number of carbonyl (C=O) groups is 1. The molecule has 0 radical (unpaired) electrons. The standard InChI is InChI=1S/C12H13BrClNO3S/c13-11-5-4-9(19(14,17)18)8-10(11)12(16)15-6-2-1-3-7-15/h4-5,8H,1-3,6-7H2. The van der Waals surface area contributed by atoms with E-state index in [9.17, 15) is 13.2 Å². The third-order valence-corrected chi connectivity index (χ3v) is 5.14. The van der Waals surface area contributed by atoms with Crippen molar-refractivity contribution in [3.05, 3.63) is 28.2 Å². The van der Waals surface area contributed by atoms with Crippen LogP contribution < -0.4 is 0 Å². The molecule has 0 bridgehead atoms. The maximum absolute atomic E-state index is 12.4. The van der Waals surface area contributed by atoms with Gasteiger partial charge < -0.3 is 4.90 Å². The lowest BCUT2D eigenvalue weighted by Crippen LogP contribution is -2.35. The quantitative estimate of drug-likeness (QED) is 0.756. The Balaban J connectivity index is 2.35. The molecule has 7 heteroatoms. The van der Waals surface area contributed by atoms with Crippen molar-refractivity contribution in [3.63, 3.8) is 0 Å². The SMILES string of the molecule is O=C(c1cc(S(=O)(=O)Cl)ccc1Br)N1CCCCC1. The van der Waals surface area contributed by atoms with Crippen LogP contribution in [0.5, 0.6) is 0 Å². The second-order valence-electron chi connectivity index (χ2n) is 4.43. The molecule has 1 aromatic carbocycles. The molecule has 104 valence electrons. The Bertz CT molecular complexity index is 597. The van der Waals surface area contributed by atoms with E-state index < -0.39 is 9.05 Å². The summed E-state index contributed by atoms with van der Waals surface area (Å²) >= 11 is 3.28. The molecule has 0 aliphatic carbocycles. The van der Waals surface area contributed by atoms with Gasteiger partial charge in [0.2, 0.25) is 0 Å². The van der Waals surface area contributed by atoms with Gasteiger partial charge in [-0.2, -0.15) is 0 Å². The number of halogens is 2. The maximum atomic E-state index is 12.4. The molecule has 1 amide bonds. The molecule has 1 heterocycles. The first-order valence-corrected chi connectivity index (χ1v) is 9.03. The fourth-order valence-electron chi connectivity index (χ4n) is 2.09. The van der Waals surface area contributed by atoms with Gasteiger partial charge in [-0.25, -0.2) is 8.42 Å². The van der Waals surface area contributed by atoms with Crippen LogP contribution in [0.1, 0.15) is 29.6 Å².